The van der Waals surface area contributed by atoms with Gasteiger partial charge in [-0.2, -0.15) is 0 Å². The topological polar surface area (TPSA) is 0 Å². The Balaban J connectivity index is 0.0000000728. The molecule has 24 aromatic carbocycles. The summed E-state index contributed by atoms with van der Waals surface area (Å²) in [6, 6.07) is 110. The molecule has 0 radical (unpaired) electrons. The van der Waals surface area contributed by atoms with Crippen molar-refractivity contribution < 1.29 is 0 Å². The molecule has 32 heteroatoms. The molecule has 0 aliphatic carbocycles. The fourth-order valence-electron chi connectivity index (χ4n) is 21.2. The van der Waals surface area contributed by atoms with Gasteiger partial charge in [0.2, 0.25) is 0 Å². The second-order valence-electron chi connectivity index (χ2n) is 34.8. The van der Waals surface area contributed by atoms with Crippen LogP contribution in [-0.4, -0.2) is 242 Å². The van der Waals surface area contributed by atoms with E-state index in [1.807, 2.05) is 202 Å². The largest absolute Gasteiger partial charge is 0.0616 e. The fraction of sp³-hybridized carbons (Fsp3) is 0. The van der Waals surface area contributed by atoms with Crippen LogP contribution in [0.5, 0.6) is 0 Å². The van der Waals surface area contributed by atoms with E-state index in [2.05, 4.69) is 291 Å². The Morgan fingerprint density at radius 3 is 0.542 bits per heavy atom. The first kappa shape index (κ1) is 96.4. The Hall–Kier alpha value is 1.51. The molecule has 0 N–H and O–H groups in total. The average Bonchev–Trinajstić information content (AvgIpc) is 1.56. The fourth-order valence-corrected chi connectivity index (χ4v) is 127. The van der Waals surface area contributed by atoms with Gasteiger partial charge in [0.15, 0.2) is 0 Å². The third kappa shape index (κ3) is 15.5. The first-order chi connectivity index (χ1) is 71.5. The van der Waals surface area contributed by atoms with E-state index in [-0.39, 0.29) is 136 Å². The van der Waals surface area contributed by atoms with E-state index in [1.54, 1.807) is 122 Å². The Morgan fingerprint density at radius 2 is 0.312 bits per heavy atom. The third-order valence-corrected chi connectivity index (χ3v) is 123. The van der Waals surface area contributed by atoms with Gasteiger partial charge in [0.05, 0.1) is 0 Å². The minimum Gasteiger partial charge on any atom is -0.0616 e. The number of hydrogen-bond donors (Lipinski definition) is 0. The van der Waals surface area contributed by atoms with E-state index in [4.69, 9.17) is 0 Å². The maximum atomic E-state index is 2.49. The van der Waals surface area contributed by atoms with Crippen molar-refractivity contribution in [1.82, 2.24) is 0 Å². The molecule has 0 fully saturated rings. The van der Waals surface area contributed by atoms with Crippen molar-refractivity contribution in [2.75, 3.05) is 0 Å². The summed E-state index contributed by atoms with van der Waals surface area (Å²) >= 11 is 7.21. The van der Waals surface area contributed by atoms with Gasteiger partial charge >= 0.3 is 538 Å². The molecule has 16 heterocycles. The van der Waals surface area contributed by atoms with Gasteiger partial charge in [-0.25, -0.2) is 0 Å². The molecular weight excluding hydrogens is 3510 g/mol. The second kappa shape index (κ2) is 39.8. The molecule has 0 nitrogen and oxygen atoms in total. The summed E-state index contributed by atoms with van der Waals surface area (Å²) in [5.74, 6) is 0. The normalized spacial score (nSPS) is 16.0. The summed E-state index contributed by atoms with van der Waals surface area (Å²) in [7, 11) is 30.6. The van der Waals surface area contributed by atoms with Crippen LogP contribution in [0.25, 0.3) is 172 Å². The van der Waals surface area contributed by atoms with Gasteiger partial charge < -0.3 is 0 Å². The molecule has 0 saturated heterocycles. The smallest absolute Gasteiger partial charge is 0.0356 e. The molecule has 0 unspecified atom stereocenters. The first-order valence-corrected chi connectivity index (χ1v) is 125. The minimum absolute atomic E-state index is 0.0763. The van der Waals surface area contributed by atoms with Crippen LogP contribution in [0.3, 0.4) is 0 Å². The SMILES string of the molecule is c1cc2c3c(ccc4c3c1SS4)SS2.c1cc2c3c(ccc4c3c1[Se][Se]4)[Se][Se]2.c1cc2c3c(ccc4c3c1[Te][Te]4)[Te][Te]2.c1ccc2c3c4c(c5ccccc5c5c4c(c2c1)SS5)SS3.c1ccc2c3c4c(c5ccccc5c5c4c(c2c1)[Se][Se]5)[Se][Se]3.c1ccc2c3c4c(c5ccccc5c5c4c(c2c1)[Te][Te]5)[Te][Te]3.c1ccc2c3c4c(ccc5c4c(c2c1)SS5)SS3.c1ccc2c3c4c(ccc5c4c(c2c1)SS5)SS3. The van der Waals surface area contributed by atoms with Gasteiger partial charge in [0.25, 0.3) is 0 Å². The van der Waals surface area contributed by atoms with Crippen molar-refractivity contribution in [3.05, 3.63) is 291 Å². The van der Waals surface area contributed by atoms with Gasteiger partial charge in [-0.1, -0.05) is 270 Å². The predicted octanol–water partition coefficient (Wildman–Crippen LogP) is 21.5. The Kier molecular flexibility index (Phi) is 26.6. The zero-order chi connectivity index (χ0) is 93.5. The molecular formula is C112H48S16Se8Te8. The van der Waals surface area contributed by atoms with Crippen LogP contribution in [0.15, 0.2) is 370 Å². The van der Waals surface area contributed by atoms with Crippen molar-refractivity contribution in [2.45, 2.75) is 78.3 Å². The van der Waals surface area contributed by atoms with Gasteiger partial charge in [-0.15, -0.1) is 0 Å². The van der Waals surface area contributed by atoms with Gasteiger partial charge in [0.1, 0.15) is 0 Å². The number of fused-ring (bicyclic) bond motifs is 24. The summed E-state index contributed by atoms with van der Waals surface area (Å²) in [5, 5.41) is 50.1. The Morgan fingerprint density at radius 1 is 0.125 bits per heavy atom. The molecule has 16 aliphatic heterocycles. The van der Waals surface area contributed by atoms with E-state index >= 15 is 0 Å². The molecule has 40 rings (SSSR count). The molecule has 0 amide bonds. The predicted molar refractivity (Wildman–Crippen MR) is 672 cm³/mol. The van der Waals surface area contributed by atoms with Crippen LogP contribution in [-0.2, 0) is 0 Å². The molecule has 0 bridgehead atoms. The number of benzene rings is 24. The van der Waals surface area contributed by atoms with E-state index in [0.29, 0.717) is 52.5 Å². The Labute approximate surface area is 1000 Å². The summed E-state index contributed by atoms with van der Waals surface area (Å²) in [6.07, 6.45) is 0. The van der Waals surface area contributed by atoms with E-state index in [9.17, 15) is 0 Å². The van der Waals surface area contributed by atoms with Crippen molar-refractivity contribution in [3.63, 3.8) is 0 Å². The van der Waals surface area contributed by atoms with Crippen molar-refractivity contribution >= 4 is 651 Å². The number of rotatable bonds is 0. The zero-order valence-corrected chi connectivity index (χ0v) is 118. The summed E-state index contributed by atoms with van der Waals surface area (Å²) in [5.41, 5.74) is 0. The maximum Gasteiger partial charge on any atom is 0.0356 e. The van der Waals surface area contributed by atoms with Crippen molar-refractivity contribution in [2.24, 2.45) is 0 Å². The van der Waals surface area contributed by atoms with Crippen LogP contribution in [0.4, 0.5) is 0 Å². The summed E-state index contributed by atoms with van der Waals surface area (Å²) < 4.78 is 28.3. The monoisotopic (exact) mass is 3580 g/mol. The Bertz CT molecular complexity index is 8400. The molecule has 0 atom stereocenters. The third-order valence-electron chi connectivity index (χ3n) is 27.4. The van der Waals surface area contributed by atoms with Gasteiger partial charge in [-0.3, -0.25) is 0 Å². The van der Waals surface area contributed by atoms with Gasteiger partial charge in [-0.05, 0) is 91.6 Å². The first-order valence-electron chi connectivity index (χ1n) is 45.1. The van der Waals surface area contributed by atoms with Crippen LogP contribution in [0, 0.1) is 0 Å². The van der Waals surface area contributed by atoms with Crippen molar-refractivity contribution in [3.8, 4) is 0 Å². The van der Waals surface area contributed by atoms with E-state index in [1.165, 1.54) is 165 Å². The summed E-state index contributed by atoms with van der Waals surface area (Å²) in [4.78, 5) is 23.2. The van der Waals surface area contributed by atoms with E-state index in [0.717, 1.165) is 52.5 Å². The average molecular weight is 3560 g/mol. The molecule has 24 aromatic rings. The van der Waals surface area contributed by atoms with E-state index < -0.39 is 0 Å². The van der Waals surface area contributed by atoms with Gasteiger partial charge in [0, 0.05) is 121 Å². The molecule has 144 heavy (non-hydrogen) atoms. The quantitative estimate of drug-likeness (QED) is 0.0803. The standard InChI is InChI=1S/C18H8S4.C18H8Se4.C18H8Te4.2C14H6S4.C10H4S4.C10H4Se4.C10H4Te4/c3*1-2-6-10-9(5-1)15-13-14-16(10)20-22-18(14)12-8-4-3-7-11(12)17(13)21-19-15;2*1-2-4-8-7(3-1)13-11-9(15-17-13)5-6-10-12(11)14(8)18-16-10;3*1-2-6-10-8(14-12-6)4-3-7-9(10)5(1)11-13-7/h3*1-8H;2*1-6H;3*1-4H. The molecule has 0 saturated carbocycles. The molecule has 16 aliphatic rings. The zero-order valence-electron chi connectivity index (χ0n) is 72.8. The molecule has 688 valence electrons. The van der Waals surface area contributed by atoms with Crippen LogP contribution in [0.2, 0.25) is 0 Å². The number of hydrogen-bond acceptors (Lipinski definition) is 16. The summed E-state index contributed by atoms with van der Waals surface area (Å²) in [6.45, 7) is 0. The minimum atomic E-state index is 0.0763. The molecule has 0 spiro atoms. The van der Waals surface area contributed by atoms with Crippen molar-refractivity contribution in [1.29, 1.82) is 0 Å². The van der Waals surface area contributed by atoms with Crippen LogP contribution in [0.1, 0.15) is 0 Å². The maximum absolute atomic E-state index is 2.49. The van der Waals surface area contributed by atoms with Crippen LogP contribution < -0.4 is 64.6 Å². The molecule has 0 aromatic heterocycles. The second-order valence-corrected chi connectivity index (χ2v) is 116. The van der Waals surface area contributed by atoms with Crippen LogP contribution >= 0.6 is 173 Å².